The summed E-state index contributed by atoms with van der Waals surface area (Å²) in [6.45, 7) is 3.95. The van der Waals surface area contributed by atoms with Gasteiger partial charge in [-0.15, -0.1) is 0 Å². The zero-order valence-electron chi connectivity index (χ0n) is 13.3. The molecule has 23 heavy (non-hydrogen) atoms. The number of hydrogen-bond donors (Lipinski definition) is 3. The van der Waals surface area contributed by atoms with Gasteiger partial charge in [-0.25, -0.2) is 4.79 Å². The first-order valence-electron chi connectivity index (χ1n) is 7.15. The number of nitrogens with one attached hydrogen (secondary N) is 3. The molecule has 0 aliphatic rings. The van der Waals surface area contributed by atoms with E-state index in [4.69, 9.17) is 0 Å². The number of carbonyl (C=O) groups is 2. The van der Waals surface area contributed by atoms with Crippen LogP contribution in [0.3, 0.4) is 0 Å². The molecule has 0 radical (unpaired) electrons. The minimum atomic E-state index is -4.36. The number of benzene rings is 1. The Kier molecular flexibility index (Phi) is 6.56. The number of halogens is 3. The van der Waals surface area contributed by atoms with E-state index < -0.39 is 23.7 Å². The lowest BCUT2D eigenvalue weighted by molar-refractivity contribution is -0.885. The molecule has 0 saturated carbocycles. The van der Waals surface area contributed by atoms with Gasteiger partial charge in [0.15, 0.2) is 6.54 Å². The first kappa shape index (κ1) is 19.0. The number of likely N-dealkylation sites (N-methyl/N-ethyl adjacent to an activating group) is 1. The Morgan fingerprint density at radius 1 is 1.17 bits per heavy atom. The highest BCUT2D eigenvalue weighted by Gasteiger charge is 2.30. The number of quaternary nitrogens is 1. The lowest BCUT2D eigenvalue weighted by Crippen LogP contribution is -3.09. The molecule has 1 unspecified atom stereocenters. The van der Waals surface area contributed by atoms with Crippen molar-refractivity contribution in [3.8, 4) is 0 Å². The molecule has 1 aromatic rings. The third-order valence-corrected chi connectivity index (χ3v) is 2.92. The SMILES string of the molecule is CC(C)NC(=O)NC(=O)C[NH+](C)Cc1ccc(C(F)(F)F)cc1. The van der Waals surface area contributed by atoms with E-state index in [1.807, 2.05) is 0 Å². The summed E-state index contributed by atoms with van der Waals surface area (Å²) in [5, 5.41) is 4.73. The molecule has 3 amide bonds. The molecule has 0 saturated heterocycles. The summed E-state index contributed by atoms with van der Waals surface area (Å²) in [6.07, 6.45) is -4.36. The third kappa shape index (κ3) is 7.14. The number of urea groups is 1. The molecule has 0 bridgehead atoms. The van der Waals surface area contributed by atoms with Crippen molar-refractivity contribution >= 4 is 11.9 Å². The van der Waals surface area contributed by atoms with Crippen LogP contribution in [0.2, 0.25) is 0 Å². The van der Waals surface area contributed by atoms with Crippen LogP contribution in [0, 0.1) is 0 Å². The van der Waals surface area contributed by atoms with E-state index in [9.17, 15) is 22.8 Å². The maximum absolute atomic E-state index is 12.5. The molecule has 1 atom stereocenters. The zero-order valence-corrected chi connectivity index (χ0v) is 13.3. The number of amides is 3. The molecule has 0 heterocycles. The van der Waals surface area contributed by atoms with Crippen molar-refractivity contribution in [1.29, 1.82) is 0 Å². The van der Waals surface area contributed by atoms with E-state index in [1.54, 1.807) is 20.9 Å². The summed E-state index contributed by atoms with van der Waals surface area (Å²) >= 11 is 0. The molecule has 3 N–H and O–H groups in total. The van der Waals surface area contributed by atoms with Crippen molar-refractivity contribution in [3.63, 3.8) is 0 Å². The molecule has 128 valence electrons. The summed E-state index contributed by atoms with van der Waals surface area (Å²) < 4.78 is 37.4. The lowest BCUT2D eigenvalue weighted by Gasteiger charge is -2.15. The van der Waals surface area contributed by atoms with Gasteiger partial charge in [-0.05, 0) is 26.0 Å². The minimum Gasteiger partial charge on any atom is -0.336 e. The van der Waals surface area contributed by atoms with Gasteiger partial charge in [0.2, 0.25) is 0 Å². The third-order valence-electron chi connectivity index (χ3n) is 2.92. The number of hydrogen-bond acceptors (Lipinski definition) is 2. The van der Waals surface area contributed by atoms with Crippen molar-refractivity contribution in [2.75, 3.05) is 13.6 Å². The van der Waals surface area contributed by atoms with Gasteiger partial charge in [0.25, 0.3) is 5.91 Å². The van der Waals surface area contributed by atoms with Crippen LogP contribution in [0.1, 0.15) is 25.0 Å². The summed E-state index contributed by atoms with van der Waals surface area (Å²) in [7, 11) is 1.72. The quantitative estimate of drug-likeness (QED) is 0.752. The molecule has 0 aliphatic heterocycles. The van der Waals surface area contributed by atoms with Crippen LogP contribution in [0.4, 0.5) is 18.0 Å². The van der Waals surface area contributed by atoms with Crippen LogP contribution in [0.25, 0.3) is 0 Å². The van der Waals surface area contributed by atoms with Gasteiger partial charge >= 0.3 is 12.2 Å². The fraction of sp³-hybridized carbons (Fsp3) is 0.467. The van der Waals surface area contributed by atoms with Gasteiger partial charge in [0.1, 0.15) is 6.54 Å². The topological polar surface area (TPSA) is 62.6 Å². The van der Waals surface area contributed by atoms with Crippen LogP contribution in [0.15, 0.2) is 24.3 Å². The molecule has 0 aliphatic carbocycles. The predicted molar refractivity (Wildman–Crippen MR) is 78.7 cm³/mol. The summed E-state index contributed by atoms with van der Waals surface area (Å²) in [5.74, 6) is -0.451. The zero-order chi connectivity index (χ0) is 17.6. The molecule has 5 nitrogen and oxygen atoms in total. The largest absolute Gasteiger partial charge is 0.416 e. The standard InChI is InChI=1S/C15H20F3N3O2/c1-10(2)19-14(23)20-13(22)9-21(3)8-11-4-6-12(7-5-11)15(16,17)18/h4-7,10H,8-9H2,1-3H3,(H2,19,20,22,23)/p+1. The van der Waals surface area contributed by atoms with E-state index in [1.165, 1.54) is 12.1 Å². The van der Waals surface area contributed by atoms with E-state index in [0.29, 0.717) is 12.1 Å². The Labute approximate surface area is 132 Å². The number of imide groups is 1. The Hall–Kier alpha value is -2.09. The van der Waals surface area contributed by atoms with Gasteiger partial charge in [0.05, 0.1) is 12.6 Å². The van der Waals surface area contributed by atoms with E-state index >= 15 is 0 Å². The van der Waals surface area contributed by atoms with E-state index in [2.05, 4.69) is 10.6 Å². The Balaban J connectivity index is 2.48. The maximum Gasteiger partial charge on any atom is 0.416 e. The van der Waals surface area contributed by atoms with Crippen molar-refractivity contribution in [2.24, 2.45) is 0 Å². The number of rotatable bonds is 5. The summed E-state index contributed by atoms with van der Waals surface area (Å²) in [6, 6.07) is 4.15. The summed E-state index contributed by atoms with van der Waals surface area (Å²) in [4.78, 5) is 23.8. The normalized spacial score (nSPS) is 12.8. The van der Waals surface area contributed by atoms with Crippen molar-refractivity contribution in [3.05, 3.63) is 35.4 Å². The molecule has 0 spiro atoms. The number of carbonyl (C=O) groups excluding carboxylic acids is 2. The fourth-order valence-corrected chi connectivity index (χ4v) is 1.97. The second-order valence-corrected chi connectivity index (χ2v) is 5.68. The van der Waals surface area contributed by atoms with Crippen LogP contribution in [0.5, 0.6) is 0 Å². The predicted octanol–water partition coefficient (Wildman–Crippen LogP) is 0.954. The Bertz CT molecular complexity index is 542. The highest BCUT2D eigenvalue weighted by Crippen LogP contribution is 2.28. The van der Waals surface area contributed by atoms with Crippen LogP contribution in [-0.4, -0.2) is 31.6 Å². The molecule has 0 aromatic heterocycles. The van der Waals surface area contributed by atoms with Gasteiger partial charge < -0.3 is 10.2 Å². The summed E-state index contributed by atoms with van der Waals surface area (Å²) in [5.41, 5.74) is -0.0306. The molecule has 0 fully saturated rings. The van der Waals surface area contributed by atoms with Crippen molar-refractivity contribution < 1.29 is 27.7 Å². The van der Waals surface area contributed by atoms with Gasteiger partial charge in [-0.1, -0.05) is 12.1 Å². The fourth-order valence-electron chi connectivity index (χ4n) is 1.97. The lowest BCUT2D eigenvalue weighted by atomic mass is 10.1. The highest BCUT2D eigenvalue weighted by molar-refractivity contribution is 5.94. The van der Waals surface area contributed by atoms with E-state index in [0.717, 1.165) is 17.0 Å². The van der Waals surface area contributed by atoms with Crippen LogP contribution >= 0.6 is 0 Å². The van der Waals surface area contributed by atoms with Gasteiger partial charge in [0, 0.05) is 11.6 Å². The van der Waals surface area contributed by atoms with E-state index in [-0.39, 0.29) is 12.6 Å². The van der Waals surface area contributed by atoms with Crippen molar-refractivity contribution in [2.45, 2.75) is 32.6 Å². The molecule has 1 aromatic carbocycles. The monoisotopic (exact) mass is 332 g/mol. The second kappa shape index (κ2) is 7.96. The highest BCUT2D eigenvalue weighted by atomic mass is 19.4. The first-order valence-corrected chi connectivity index (χ1v) is 7.15. The average molecular weight is 332 g/mol. The maximum atomic E-state index is 12.5. The molecule has 1 rings (SSSR count). The Morgan fingerprint density at radius 2 is 1.74 bits per heavy atom. The average Bonchev–Trinajstić information content (AvgIpc) is 2.36. The molecular formula is C15H21F3N3O2+. The Morgan fingerprint density at radius 3 is 2.22 bits per heavy atom. The molecule has 8 heteroatoms. The first-order chi connectivity index (χ1) is 10.6. The van der Waals surface area contributed by atoms with Crippen molar-refractivity contribution in [1.82, 2.24) is 10.6 Å². The smallest absolute Gasteiger partial charge is 0.336 e. The van der Waals surface area contributed by atoms with Gasteiger partial charge in [-0.2, -0.15) is 13.2 Å². The van der Waals surface area contributed by atoms with Crippen LogP contribution in [-0.2, 0) is 17.5 Å². The molecular weight excluding hydrogens is 311 g/mol. The second-order valence-electron chi connectivity index (χ2n) is 5.68. The number of alkyl halides is 3. The van der Waals surface area contributed by atoms with Crippen LogP contribution < -0.4 is 15.5 Å². The minimum absolute atomic E-state index is 0.0343. The van der Waals surface area contributed by atoms with Gasteiger partial charge in [-0.3, -0.25) is 10.1 Å².